The van der Waals surface area contributed by atoms with Crippen LogP contribution in [0.25, 0.3) is 0 Å². The highest BCUT2D eigenvalue weighted by atomic mass is 28.3. The van der Waals surface area contributed by atoms with Gasteiger partial charge in [0.1, 0.15) is 5.75 Å². The molecular weight excluding hydrogens is 623 g/mol. The normalized spacial score (nSPS) is 24.2. The summed E-state index contributed by atoms with van der Waals surface area (Å²) in [4.78, 5) is 30.4. The van der Waals surface area contributed by atoms with Crippen molar-refractivity contribution in [3.63, 3.8) is 0 Å². The van der Waals surface area contributed by atoms with Gasteiger partial charge >= 0.3 is 0 Å². The second-order valence-corrected chi connectivity index (χ2v) is 18.5. The van der Waals surface area contributed by atoms with Gasteiger partial charge in [0.05, 0.1) is 45.2 Å². The maximum Gasteiger partial charge on any atom is 0.264 e. The minimum Gasteiger partial charge on any atom is -0.497 e. The number of aryl methyl sites for hydroxylation is 1. The highest BCUT2D eigenvalue weighted by Crippen LogP contribution is 2.60. The Balaban J connectivity index is 1.25. The highest BCUT2D eigenvalue weighted by Gasteiger charge is 2.65. The largest absolute Gasteiger partial charge is 0.497 e. The first-order chi connectivity index (χ1) is 23.1. The molecule has 3 aliphatic heterocycles. The summed E-state index contributed by atoms with van der Waals surface area (Å²) in [5, 5.41) is 20.4. The Labute approximate surface area is 282 Å². The number of methoxy groups -OCH3 is 1. The molecule has 1 aromatic heterocycles. The average molecular weight is 666 g/mol. The molecule has 250 valence electrons. The second kappa shape index (κ2) is 12.3. The van der Waals surface area contributed by atoms with E-state index < -0.39 is 13.7 Å². The van der Waals surface area contributed by atoms with E-state index in [0.717, 1.165) is 28.3 Å². The zero-order valence-corrected chi connectivity index (χ0v) is 29.2. The van der Waals surface area contributed by atoms with Crippen LogP contribution in [0.4, 0.5) is 11.4 Å². The summed E-state index contributed by atoms with van der Waals surface area (Å²) in [5.41, 5.74) is 3.05. The number of hydrogen-bond acceptors (Lipinski definition) is 7. The van der Waals surface area contributed by atoms with Crippen molar-refractivity contribution < 1.29 is 24.2 Å². The fourth-order valence-corrected chi connectivity index (χ4v) is 12.4. The van der Waals surface area contributed by atoms with E-state index in [0.29, 0.717) is 31.6 Å². The van der Waals surface area contributed by atoms with Crippen molar-refractivity contribution in [1.29, 1.82) is 0 Å². The molecule has 1 unspecified atom stereocenters. The topological polar surface area (TPSA) is 110 Å². The number of nitrogens with zero attached hydrogens (tertiary/aromatic N) is 5. The third kappa shape index (κ3) is 5.07. The van der Waals surface area contributed by atoms with E-state index in [1.807, 2.05) is 78.6 Å². The van der Waals surface area contributed by atoms with Crippen LogP contribution < -0.4 is 19.7 Å². The molecule has 7 rings (SSSR count). The molecule has 11 heteroatoms. The molecule has 2 amide bonds. The van der Waals surface area contributed by atoms with Gasteiger partial charge in [-0.15, -0.1) is 5.10 Å². The molecule has 4 heterocycles. The third-order valence-corrected chi connectivity index (χ3v) is 15.4. The Morgan fingerprint density at radius 2 is 1.83 bits per heavy atom. The molecule has 5 atom stereocenters. The summed E-state index contributed by atoms with van der Waals surface area (Å²) in [6.07, 6.45) is 2.81. The molecule has 10 nitrogen and oxygen atoms in total. The lowest BCUT2D eigenvalue weighted by atomic mass is 9.82. The molecule has 0 aliphatic carbocycles. The molecule has 0 saturated carbocycles. The average Bonchev–Trinajstić information content (AvgIpc) is 3.74. The number of amides is 2. The van der Waals surface area contributed by atoms with Gasteiger partial charge in [0.15, 0.2) is 5.60 Å². The number of aliphatic hydroxyl groups excluding tert-OH is 1. The van der Waals surface area contributed by atoms with Gasteiger partial charge in [-0.3, -0.25) is 14.3 Å². The van der Waals surface area contributed by atoms with E-state index in [2.05, 4.69) is 42.5 Å². The van der Waals surface area contributed by atoms with Crippen molar-refractivity contribution in [2.24, 2.45) is 5.92 Å². The Morgan fingerprint density at radius 1 is 1.08 bits per heavy atom. The zero-order valence-electron chi connectivity index (χ0n) is 28.2. The van der Waals surface area contributed by atoms with Crippen molar-refractivity contribution in [3.8, 4) is 5.75 Å². The fourth-order valence-electron chi connectivity index (χ4n) is 8.33. The maximum atomic E-state index is 14.5. The number of hydrogen-bond donors (Lipinski definition) is 1. The first-order valence-electron chi connectivity index (χ1n) is 16.7. The monoisotopic (exact) mass is 665 g/mol. The molecule has 2 saturated heterocycles. The number of carbonyl (C=O) groups is 2. The summed E-state index contributed by atoms with van der Waals surface area (Å²) in [6.45, 7) is 8.04. The summed E-state index contributed by atoms with van der Waals surface area (Å²) in [5.74, 6) is 0.416. The number of likely N-dealkylation sites (N-methyl/N-ethyl adjacent to an activating group) is 1. The molecule has 1 N–H and O–H groups in total. The van der Waals surface area contributed by atoms with Crippen LogP contribution in [0.2, 0.25) is 18.6 Å². The SMILES string of the molecule is COc1ccc([Si](C)(C)[C@@H]2[C@@H](CCn3cc(C(CO)c4ccccc4)nn3)O[C@]3(C(=O)N(C)c4ccc(N5CCC5=O)cc43)[C@H]2C)cc1. The highest BCUT2D eigenvalue weighted by molar-refractivity contribution is 6.91. The van der Waals surface area contributed by atoms with Gasteiger partial charge in [0.2, 0.25) is 5.91 Å². The van der Waals surface area contributed by atoms with E-state index >= 15 is 0 Å². The Hall–Kier alpha value is -4.32. The van der Waals surface area contributed by atoms with Crippen molar-refractivity contribution in [1.82, 2.24) is 15.0 Å². The van der Waals surface area contributed by atoms with Gasteiger partial charge in [-0.05, 0) is 47.9 Å². The fraction of sp³-hybridized carbons (Fsp3) is 0.405. The number of rotatable bonds is 10. The van der Waals surface area contributed by atoms with E-state index in [1.165, 1.54) is 5.19 Å². The lowest BCUT2D eigenvalue weighted by Gasteiger charge is -2.37. The number of carbonyl (C=O) groups excluding carboxylic acids is 2. The van der Waals surface area contributed by atoms with Crippen LogP contribution in [0.15, 0.2) is 79.0 Å². The molecule has 48 heavy (non-hydrogen) atoms. The van der Waals surface area contributed by atoms with Crippen LogP contribution in [0.1, 0.15) is 42.5 Å². The molecule has 0 radical (unpaired) electrons. The number of ether oxygens (including phenoxy) is 2. The van der Waals surface area contributed by atoms with Crippen molar-refractivity contribution in [2.75, 3.05) is 37.1 Å². The van der Waals surface area contributed by atoms with E-state index in [-0.39, 0.29) is 41.9 Å². The van der Waals surface area contributed by atoms with Gasteiger partial charge in [0, 0.05) is 49.9 Å². The predicted molar refractivity (Wildman–Crippen MR) is 186 cm³/mol. The summed E-state index contributed by atoms with van der Waals surface area (Å²) < 4.78 is 14.5. The third-order valence-electron chi connectivity index (χ3n) is 11.1. The molecule has 3 aliphatic rings. The molecule has 2 fully saturated rings. The van der Waals surface area contributed by atoms with E-state index in [4.69, 9.17) is 9.47 Å². The van der Waals surface area contributed by atoms with Gasteiger partial charge in [0.25, 0.3) is 5.91 Å². The standard InChI is InChI=1S/C37H43N5O5Si/c1-24-35(48(4,5)28-14-12-27(46-3)13-15-28)33(17-19-41-22-31(38-39-41)29(23-43)25-9-7-6-8-10-25)47-37(24)30-21-26(42-20-18-34(42)44)11-16-32(30)40(2)36(37)45/h6-16,21-22,24,29,33,35,43H,17-20,23H2,1-5H3/t24-,29?,33+,35-,37+/m0/s1. The number of β-lactam (4-membered cyclic amide) rings is 1. The van der Waals surface area contributed by atoms with Crippen LogP contribution >= 0.6 is 0 Å². The molecular formula is C37H43N5O5Si. The second-order valence-electron chi connectivity index (χ2n) is 13.9. The zero-order chi connectivity index (χ0) is 33.8. The first-order valence-corrected chi connectivity index (χ1v) is 19.8. The number of benzene rings is 3. The first kappa shape index (κ1) is 32.2. The van der Waals surface area contributed by atoms with Crippen molar-refractivity contribution in [3.05, 3.63) is 95.8 Å². The summed E-state index contributed by atoms with van der Waals surface area (Å²) in [6, 6.07) is 24.1. The summed E-state index contributed by atoms with van der Waals surface area (Å²) in [7, 11) is 1.17. The van der Waals surface area contributed by atoms with Gasteiger partial charge in [-0.1, -0.05) is 72.9 Å². The van der Waals surface area contributed by atoms with Crippen LogP contribution in [0.5, 0.6) is 5.75 Å². The number of anilines is 2. The van der Waals surface area contributed by atoms with Crippen LogP contribution in [-0.2, 0) is 26.5 Å². The van der Waals surface area contributed by atoms with Crippen LogP contribution in [0.3, 0.4) is 0 Å². The van der Waals surface area contributed by atoms with E-state index in [1.54, 1.807) is 16.9 Å². The van der Waals surface area contributed by atoms with Gasteiger partial charge in [-0.25, -0.2) is 0 Å². The quantitative estimate of drug-likeness (QED) is 0.197. The minimum atomic E-state index is -2.31. The molecule has 0 bridgehead atoms. The number of aromatic nitrogens is 3. The molecule has 1 spiro atoms. The van der Waals surface area contributed by atoms with Crippen molar-refractivity contribution in [2.45, 2.75) is 62.6 Å². The van der Waals surface area contributed by atoms with Crippen LogP contribution in [-0.4, -0.2) is 73.4 Å². The lowest BCUT2D eigenvalue weighted by Crippen LogP contribution is -2.51. The summed E-state index contributed by atoms with van der Waals surface area (Å²) >= 11 is 0. The minimum absolute atomic E-state index is 0.0687. The number of fused-ring (bicyclic) bond motifs is 2. The maximum absolute atomic E-state index is 14.5. The predicted octanol–water partition coefficient (Wildman–Crippen LogP) is 4.43. The lowest BCUT2D eigenvalue weighted by molar-refractivity contribution is -0.145. The van der Waals surface area contributed by atoms with Crippen LogP contribution in [0, 0.1) is 5.92 Å². The van der Waals surface area contributed by atoms with Gasteiger partial charge in [-0.2, -0.15) is 0 Å². The Kier molecular flexibility index (Phi) is 8.25. The Bertz CT molecular complexity index is 1830. The van der Waals surface area contributed by atoms with Crippen molar-refractivity contribution >= 4 is 36.4 Å². The molecule has 3 aromatic carbocycles. The smallest absolute Gasteiger partial charge is 0.264 e. The Morgan fingerprint density at radius 3 is 2.48 bits per heavy atom. The van der Waals surface area contributed by atoms with Gasteiger partial charge < -0.3 is 24.4 Å². The van der Waals surface area contributed by atoms with E-state index in [9.17, 15) is 14.7 Å². The number of aliphatic hydroxyl groups is 1. The molecule has 4 aromatic rings.